The first-order valence-corrected chi connectivity index (χ1v) is 8.99. The lowest BCUT2D eigenvalue weighted by Gasteiger charge is -2.14. The van der Waals surface area contributed by atoms with Gasteiger partial charge in [-0.15, -0.1) is 11.3 Å². The Balaban J connectivity index is 1.65. The number of fused-ring (bicyclic) bond motifs is 1. The highest BCUT2D eigenvalue weighted by Crippen LogP contribution is 2.30. The molecule has 4 rings (SSSR count). The summed E-state index contributed by atoms with van der Waals surface area (Å²) in [5.74, 6) is 0.0924. The van der Waals surface area contributed by atoms with Crippen LogP contribution in [0, 0.1) is 6.92 Å². The quantitative estimate of drug-likeness (QED) is 0.797. The molecular formula is C18H20N4OS. The number of likely N-dealkylation sites (tertiary alicyclic amines) is 1. The molecular weight excluding hydrogens is 320 g/mol. The Bertz CT molecular complexity index is 883. The largest absolute Gasteiger partial charge is 0.336 e. The van der Waals surface area contributed by atoms with E-state index < -0.39 is 0 Å². The average Bonchev–Trinajstić information content (AvgIpc) is 3.26. The maximum Gasteiger partial charge on any atom is 0.264 e. The van der Waals surface area contributed by atoms with Crippen molar-refractivity contribution in [3.05, 3.63) is 52.5 Å². The van der Waals surface area contributed by atoms with Crippen molar-refractivity contribution in [2.24, 2.45) is 5.73 Å². The Morgan fingerprint density at radius 3 is 2.88 bits per heavy atom. The van der Waals surface area contributed by atoms with Crippen molar-refractivity contribution in [1.82, 2.24) is 14.7 Å². The highest BCUT2D eigenvalue weighted by Gasteiger charge is 2.26. The van der Waals surface area contributed by atoms with Crippen molar-refractivity contribution < 1.29 is 4.79 Å². The highest BCUT2D eigenvalue weighted by molar-refractivity contribution is 7.20. The molecule has 0 aliphatic carbocycles. The minimum atomic E-state index is 0.0924. The van der Waals surface area contributed by atoms with Crippen LogP contribution in [-0.2, 0) is 6.54 Å². The third-order valence-corrected chi connectivity index (χ3v) is 5.64. The van der Waals surface area contributed by atoms with Gasteiger partial charge < -0.3 is 10.6 Å². The summed E-state index contributed by atoms with van der Waals surface area (Å²) in [7, 11) is 0. The van der Waals surface area contributed by atoms with Gasteiger partial charge in [-0.25, -0.2) is 0 Å². The number of aromatic nitrogens is 2. The van der Waals surface area contributed by atoms with Gasteiger partial charge in [0.25, 0.3) is 5.91 Å². The molecule has 1 amide bonds. The fourth-order valence-corrected chi connectivity index (χ4v) is 4.34. The Morgan fingerprint density at radius 1 is 1.38 bits per heavy atom. The number of hydrogen-bond donors (Lipinski definition) is 1. The number of hydrogen-bond acceptors (Lipinski definition) is 4. The molecule has 1 aliphatic heterocycles. The molecule has 1 aliphatic rings. The van der Waals surface area contributed by atoms with E-state index in [9.17, 15) is 4.79 Å². The molecule has 24 heavy (non-hydrogen) atoms. The SMILES string of the molecule is Cc1nn(Cc2ccccc2)c2sc(C(=O)N3CC[C@@H](N)C3)cc12. The number of benzene rings is 1. The van der Waals surface area contributed by atoms with Crippen LogP contribution < -0.4 is 5.73 Å². The van der Waals surface area contributed by atoms with Crippen molar-refractivity contribution in [2.45, 2.75) is 25.9 Å². The number of carbonyl (C=O) groups is 1. The number of nitrogens with zero attached hydrogens (tertiary/aromatic N) is 3. The molecule has 2 N–H and O–H groups in total. The molecule has 6 heteroatoms. The number of carbonyl (C=O) groups excluding carboxylic acids is 1. The summed E-state index contributed by atoms with van der Waals surface area (Å²) in [6, 6.07) is 12.3. The number of nitrogens with two attached hydrogens (primary N) is 1. The minimum absolute atomic E-state index is 0.0924. The Kier molecular flexibility index (Phi) is 3.86. The zero-order chi connectivity index (χ0) is 16.7. The van der Waals surface area contributed by atoms with Crippen LogP contribution in [-0.4, -0.2) is 39.7 Å². The molecule has 1 aromatic carbocycles. The maximum atomic E-state index is 12.7. The number of rotatable bonds is 3. The summed E-state index contributed by atoms with van der Waals surface area (Å²) in [5, 5.41) is 5.71. The molecule has 1 fully saturated rings. The van der Waals surface area contributed by atoms with Crippen LogP contribution in [0.25, 0.3) is 10.2 Å². The maximum absolute atomic E-state index is 12.7. The van der Waals surface area contributed by atoms with Gasteiger partial charge in [0.1, 0.15) is 4.83 Å². The molecule has 0 radical (unpaired) electrons. The third-order valence-electron chi connectivity index (χ3n) is 4.51. The second-order valence-corrected chi connectivity index (χ2v) is 7.39. The van der Waals surface area contributed by atoms with E-state index in [0.717, 1.165) is 33.8 Å². The predicted octanol–water partition coefficient (Wildman–Crippen LogP) is 2.63. The van der Waals surface area contributed by atoms with Crippen LogP contribution in [0.5, 0.6) is 0 Å². The van der Waals surface area contributed by atoms with Crippen molar-refractivity contribution in [3.63, 3.8) is 0 Å². The number of amides is 1. The Labute approximate surface area is 144 Å². The summed E-state index contributed by atoms with van der Waals surface area (Å²) < 4.78 is 2.00. The van der Waals surface area contributed by atoms with Crippen LogP contribution in [0.1, 0.15) is 27.3 Å². The molecule has 0 saturated carbocycles. The smallest absolute Gasteiger partial charge is 0.264 e. The first-order valence-electron chi connectivity index (χ1n) is 8.17. The first kappa shape index (κ1) is 15.4. The van der Waals surface area contributed by atoms with Crippen molar-refractivity contribution in [3.8, 4) is 0 Å². The summed E-state index contributed by atoms with van der Waals surface area (Å²) >= 11 is 1.53. The standard InChI is InChI=1S/C18H20N4OS/c1-12-15-9-16(17(23)21-8-7-14(19)11-21)24-18(15)22(20-12)10-13-5-3-2-4-6-13/h2-6,9,14H,7-8,10-11,19H2,1H3/t14-/m1/s1. The monoisotopic (exact) mass is 340 g/mol. The molecule has 2 aromatic heterocycles. The summed E-state index contributed by atoms with van der Waals surface area (Å²) in [5.41, 5.74) is 8.10. The second-order valence-electron chi connectivity index (χ2n) is 6.36. The van der Waals surface area contributed by atoms with E-state index in [1.807, 2.05) is 40.8 Å². The molecule has 124 valence electrons. The Hall–Kier alpha value is -2.18. The number of aryl methyl sites for hydroxylation is 1. The summed E-state index contributed by atoms with van der Waals surface area (Å²) in [4.78, 5) is 16.4. The molecule has 3 heterocycles. The fraction of sp³-hybridized carbons (Fsp3) is 0.333. The van der Waals surface area contributed by atoms with Gasteiger partial charge in [0.05, 0.1) is 17.1 Å². The van der Waals surface area contributed by atoms with Crippen LogP contribution in [0.4, 0.5) is 0 Å². The normalized spacial score (nSPS) is 17.8. The molecule has 1 saturated heterocycles. The van der Waals surface area contributed by atoms with Gasteiger partial charge in [-0.3, -0.25) is 9.48 Å². The van der Waals surface area contributed by atoms with Crippen LogP contribution in [0.2, 0.25) is 0 Å². The highest BCUT2D eigenvalue weighted by atomic mass is 32.1. The van der Waals surface area contributed by atoms with Gasteiger partial charge in [0.15, 0.2) is 0 Å². The molecule has 3 aromatic rings. The summed E-state index contributed by atoms with van der Waals surface area (Å²) in [6.45, 7) is 4.12. The molecule has 0 bridgehead atoms. The molecule has 5 nitrogen and oxygen atoms in total. The van der Waals surface area contributed by atoms with E-state index in [1.54, 1.807) is 0 Å². The molecule has 0 spiro atoms. The van der Waals surface area contributed by atoms with Crippen LogP contribution in [0.15, 0.2) is 36.4 Å². The van der Waals surface area contributed by atoms with Gasteiger partial charge in [-0.2, -0.15) is 5.10 Å². The van der Waals surface area contributed by atoms with E-state index in [4.69, 9.17) is 5.73 Å². The average molecular weight is 340 g/mol. The third kappa shape index (κ3) is 2.72. The van der Waals surface area contributed by atoms with Crippen LogP contribution >= 0.6 is 11.3 Å². The lowest BCUT2D eigenvalue weighted by Crippen LogP contribution is -2.31. The van der Waals surface area contributed by atoms with Gasteiger partial charge in [-0.05, 0) is 25.0 Å². The Morgan fingerprint density at radius 2 is 2.17 bits per heavy atom. The molecule has 1 atom stereocenters. The zero-order valence-corrected chi connectivity index (χ0v) is 14.4. The van der Waals surface area contributed by atoms with E-state index in [1.165, 1.54) is 16.9 Å². The van der Waals surface area contributed by atoms with Crippen LogP contribution in [0.3, 0.4) is 0 Å². The first-order chi connectivity index (χ1) is 11.6. The van der Waals surface area contributed by atoms with E-state index >= 15 is 0 Å². The van der Waals surface area contributed by atoms with Crippen molar-refractivity contribution in [2.75, 3.05) is 13.1 Å². The lowest BCUT2D eigenvalue weighted by atomic mass is 10.2. The van der Waals surface area contributed by atoms with E-state index in [2.05, 4.69) is 17.2 Å². The zero-order valence-electron chi connectivity index (χ0n) is 13.6. The fourth-order valence-electron chi connectivity index (χ4n) is 3.21. The summed E-state index contributed by atoms with van der Waals surface area (Å²) in [6.07, 6.45) is 0.886. The van der Waals surface area contributed by atoms with Crippen molar-refractivity contribution >= 4 is 27.5 Å². The topological polar surface area (TPSA) is 64.2 Å². The minimum Gasteiger partial charge on any atom is -0.336 e. The molecule has 0 unspecified atom stereocenters. The van der Waals surface area contributed by atoms with Gasteiger partial charge >= 0.3 is 0 Å². The lowest BCUT2D eigenvalue weighted by molar-refractivity contribution is 0.0795. The second kappa shape index (κ2) is 6.03. The van der Waals surface area contributed by atoms with Crippen molar-refractivity contribution in [1.29, 1.82) is 0 Å². The van der Waals surface area contributed by atoms with Gasteiger partial charge in [0, 0.05) is 24.5 Å². The van der Waals surface area contributed by atoms with Gasteiger partial charge in [0.2, 0.25) is 0 Å². The van der Waals surface area contributed by atoms with E-state index in [-0.39, 0.29) is 11.9 Å². The number of thiophene rings is 1. The van der Waals surface area contributed by atoms with E-state index in [0.29, 0.717) is 13.1 Å². The predicted molar refractivity (Wildman–Crippen MR) is 96.4 cm³/mol. The van der Waals surface area contributed by atoms with Gasteiger partial charge in [-0.1, -0.05) is 30.3 Å².